The van der Waals surface area contributed by atoms with Crippen LogP contribution in [0.3, 0.4) is 0 Å². The highest BCUT2D eigenvalue weighted by molar-refractivity contribution is 5.98. The van der Waals surface area contributed by atoms with Crippen LogP contribution in [0.2, 0.25) is 0 Å². The Labute approximate surface area is 115 Å². The quantitative estimate of drug-likeness (QED) is 0.908. The second-order valence-electron chi connectivity index (χ2n) is 3.96. The molecular formula is C12H8F3N3O3. The summed E-state index contributed by atoms with van der Waals surface area (Å²) >= 11 is 0. The Balaban J connectivity index is 2.47. The molecule has 0 aliphatic carbocycles. The molecule has 21 heavy (non-hydrogen) atoms. The first-order valence-electron chi connectivity index (χ1n) is 5.53. The molecule has 1 aromatic carbocycles. The van der Waals surface area contributed by atoms with Crippen LogP contribution >= 0.6 is 0 Å². The highest BCUT2D eigenvalue weighted by atomic mass is 19.4. The first kappa shape index (κ1) is 14.6. The van der Waals surface area contributed by atoms with Crippen molar-refractivity contribution in [2.24, 2.45) is 0 Å². The van der Waals surface area contributed by atoms with Gasteiger partial charge in [0, 0.05) is 12.4 Å². The monoisotopic (exact) mass is 299 g/mol. The van der Waals surface area contributed by atoms with E-state index in [4.69, 9.17) is 5.11 Å². The number of benzene rings is 1. The number of rotatable bonds is 3. The second kappa shape index (κ2) is 5.27. The Morgan fingerprint density at radius 3 is 2.52 bits per heavy atom. The van der Waals surface area contributed by atoms with Gasteiger partial charge in [0.2, 0.25) is 0 Å². The van der Waals surface area contributed by atoms with E-state index >= 15 is 0 Å². The number of alkyl halides is 3. The van der Waals surface area contributed by atoms with Crippen molar-refractivity contribution in [3.8, 4) is 5.69 Å². The van der Waals surface area contributed by atoms with Crippen molar-refractivity contribution in [1.82, 2.24) is 9.55 Å². The van der Waals surface area contributed by atoms with E-state index in [0.29, 0.717) is 0 Å². The number of carbonyl (C=O) groups excluding carboxylic acids is 1. The lowest BCUT2D eigenvalue weighted by Gasteiger charge is -2.13. The number of aromatic nitrogens is 2. The van der Waals surface area contributed by atoms with Crippen LogP contribution in [-0.2, 0) is 4.79 Å². The van der Waals surface area contributed by atoms with Gasteiger partial charge in [-0.15, -0.1) is 0 Å². The number of anilines is 1. The summed E-state index contributed by atoms with van der Waals surface area (Å²) < 4.78 is 38.3. The topological polar surface area (TPSA) is 84.2 Å². The zero-order valence-corrected chi connectivity index (χ0v) is 10.3. The summed E-state index contributed by atoms with van der Waals surface area (Å²) in [5, 5.41) is 10.5. The van der Waals surface area contributed by atoms with Gasteiger partial charge in [-0.1, -0.05) is 0 Å². The molecule has 2 N–H and O–H groups in total. The Kier molecular flexibility index (Phi) is 3.66. The number of hydrogen-bond acceptors (Lipinski definition) is 3. The lowest BCUT2D eigenvalue weighted by Crippen LogP contribution is -2.30. The first-order valence-corrected chi connectivity index (χ1v) is 5.53. The van der Waals surface area contributed by atoms with Crippen LogP contribution in [0.1, 0.15) is 10.4 Å². The number of halogens is 3. The van der Waals surface area contributed by atoms with Crippen LogP contribution in [-0.4, -0.2) is 32.7 Å². The first-order chi connectivity index (χ1) is 9.79. The number of nitrogens with zero attached hydrogens (tertiary/aromatic N) is 2. The summed E-state index contributed by atoms with van der Waals surface area (Å²) in [6.07, 6.45) is -0.941. The van der Waals surface area contributed by atoms with Crippen LogP contribution < -0.4 is 5.32 Å². The third kappa shape index (κ3) is 3.19. The predicted molar refractivity (Wildman–Crippen MR) is 65.2 cm³/mol. The molecule has 0 atom stereocenters. The van der Waals surface area contributed by atoms with Gasteiger partial charge in [-0.3, -0.25) is 4.79 Å². The molecule has 6 nitrogen and oxygen atoms in total. The SMILES string of the molecule is O=C(O)c1ccc(-n2ccnc2)c(NC(=O)C(F)(F)F)c1. The molecule has 0 spiro atoms. The molecule has 0 saturated carbocycles. The van der Waals surface area contributed by atoms with Gasteiger partial charge in [0.25, 0.3) is 0 Å². The van der Waals surface area contributed by atoms with Crippen molar-refractivity contribution < 1.29 is 27.9 Å². The van der Waals surface area contributed by atoms with Crippen LogP contribution in [0.15, 0.2) is 36.9 Å². The highest BCUT2D eigenvalue weighted by Gasteiger charge is 2.39. The molecule has 2 aromatic rings. The minimum absolute atomic E-state index is 0.162. The fourth-order valence-electron chi connectivity index (χ4n) is 1.59. The highest BCUT2D eigenvalue weighted by Crippen LogP contribution is 2.25. The molecule has 0 aliphatic heterocycles. The number of aromatic carboxylic acids is 1. The van der Waals surface area contributed by atoms with E-state index in [2.05, 4.69) is 4.98 Å². The van der Waals surface area contributed by atoms with Crippen LogP contribution in [0, 0.1) is 0 Å². The number of carboxylic acids is 1. The van der Waals surface area contributed by atoms with Gasteiger partial charge >= 0.3 is 18.1 Å². The third-order valence-electron chi connectivity index (χ3n) is 2.53. The van der Waals surface area contributed by atoms with Crippen LogP contribution in [0.4, 0.5) is 18.9 Å². The molecule has 1 aromatic heterocycles. The maximum atomic E-state index is 12.3. The molecule has 0 bridgehead atoms. The van der Waals surface area contributed by atoms with Gasteiger partial charge < -0.3 is 15.0 Å². The summed E-state index contributed by atoms with van der Waals surface area (Å²) in [5.41, 5.74) is -0.373. The molecule has 1 amide bonds. The lowest BCUT2D eigenvalue weighted by molar-refractivity contribution is -0.167. The number of carboxylic acid groups (broad SMARTS) is 1. The van der Waals surface area contributed by atoms with Crippen molar-refractivity contribution >= 4 is 17.6 Å². The summed E-state index contributed by atoms with van der Waals surface area (Å²) in [7, 11) is 0. The minimum Gasteiger partial charge on any atom is -0.478 e. The summed E-state index contributed by atoms with van der Waals surface area (Å²) in [5.74, 6) is -3.51. The van der Waals surface area contributed by atoms with Gasteiger partial charge in [-0.2, -0.15) is 13.2 Å². The van der Waals surface area contributed by atoms with Crippen molar-refractivity contribution in [3.05, 3.63) is 42.5 Å². The van der Waals surface area contributed by atoms with Gasteiger partial charge in [0.1, 0.15) is 0 Å². The Bertz CT molecular complexity index is 681. The number of carbonyl (C=O) groups is 2. The molecule has 0 radical (unpaired) electrons. The van der Waals surface area contributed by atoms with E-state index in [-0.39, 0.29) is 16.9 Å². The Hall–Kier alpha value is -2.84. The molecule has 9 heteroatoms. The molecule has 0 saturated heterocycles. The van der Waals surface area contributed by atoms with Crippen molar-refractivity contribution in [2.45, 2.75) is 6.18 Å². The van der Waals surface area contributed by atoms with E-state index in [1.54, 1.807) is 5.32 Å². The maximum Gasteiger partial charge on any atom is 0.471 e. The smallest absolute Gasteiger partial charge is 0.471 e. The minimum atomic E-state index is -5.08. The van der Waals surface area contributed by atoms with Gasteiger partial charge in [0.05, 0.1) is 23.3 Å². The van der Waals surface area contributed by atoms with E-state index in [1.807, 2.05) is 0 Å². The number of amides is 1. The van der Waals surface area contributed by atoms with Crippen molar-refractivity contribution in [2.75, 3.05) is 5.32 Å². The van der Waals surface area contributed by atoms with E-state index < -0.39 is 18.1 Å². The number of nitrogens with one attached hydrogen (secondary N) is 1. The van der Waals surface area contributed by atoms with Crippen LogP contribution in [0.5, 0.6) is 0 Å². The molecule has 2 rings (SSSR count). The average molecular weight is 299 g/mol. The molecule has 1 heterocycles. The van der Waals surface area contributed by atoms with Crippen molar-refractivity contribution in [3.63, 3.8) is 0 Å². The normalized spacial score (nSPS) is 11.2. The van der Waals surface area contributed by atoms with E-state index in [9.17, 15) is 22.8 Å². The average Bonchev–Trinajstić information content (AvgIpc) is 2.91. The molecule has 0 fully saturated rings. The largest absolute Gasteiger partial charge is 0.478 e. The number of imidazole rings is 1. The fourth-order valence-corrected chi connectivity index (χ4v) is 1.59. The number of hydrogen-bond donors (Lipinski definition) is 2. The zero-order chi connectivity index (χ0) is 15.6. The molecule has 110 valence electrons. The second-order valence-corrected chi connectivity index (χ2v) is 3.96. The van der Waals surface area contributed by atoms with Gasteiger partial charge in [-0.05, 0) is 18.2 Å². The fraction of sp³-hybridized carbons (Fsp3) is 0.0833. The van der Waals surface area contributed by atoms with Gasteiger partial charge in [-0.25, -0.2) is 9.78 Å². The Morgan fingerprint density at radius 1 is 1.29 bits per heavy atom. The standard InChI is InChI=1S/C12H8F3N3O3/c13-12(14,15)11(21)17-8-5-7(10(19)20)1-2-9(8)18-4-3-16-6-18/h1-6H,(H,17,21)(H,19,20). The zero-order valence-electron chi connectivity index (χ0n) is 10.3. The molecule has 0 unspecified atom stereocenters. The maximum absolute atomic E-state index is 12.3. The van der Waals surface area contributed by atoms with Crippen LogP contribution in [0.25, 0.3) is 5.69 Å². The van der Waals surface area contributed by atoms with E-state index in [1.165, 1.54) is 35.4 Å². The Morgan fingerprint density at radius 2 is 2.00 bits per heavy atom. The summed E-state index contributed by atoms with van der Waals surface area (Å²) in [6, 6.07) is 3.43. The summed E-state index contributed by atoms with van der Waals surface area (Å²) in [6.45, 7) is 0. The molecular weight excluding hydrogens is 291 g/mol. The summed E-state index contributed by atoms with van der Waals surface area (Å²) in [4.78, 5) is 25.6. The lowest BCUT2D eigenvalue weighted by atomic mass is 10.1. The predicted octanol–water partition coefficient (Wildman–Crippen LogP) is 2.07. The molecule has 0 aliphatic rings. The van der Waals surface area contributed by atoms with Gasteiger partial charge in [0.15, 0.2) is 0 Å². The third-order valence-corrected chi connectivity index (χ3v) is 2.53. The van der Waals surface area contributed by atoms with E-state index in [0.717, 1.165) is 6.07 Å². The van der Waals surface area contributed by atoms with Crippen molar-refractivity contribution in [1.29, 1.82) is 0 Å².